The van der Waals surface area contributed by atoms with Crippen LogP contribution in [0.4, 0.5) is 0 Å². The zero-order valence-electron chi connectivity index (χ0n) is 7.70. The second-order valence-electron chi connectivity index (χ2n) is 3.71. The molecular weight excluding hydrogens is 160 g/mol. The van der Waals surface area contributed by atoms with E-state index in [1.807, 2.05) is 30.3 Å². The zero-order chi connectivity index (χ0) is 9.10. The van der Waals surface area contributed by atoms with Gasteiger partial charge in [0, 0.05) is 11.5 Å². The molecule has 1 aliphatic rings. The molecule has 0 unspecified atom stereocenters. The van der Waals surface area contributed by atoms with Crippen LogP contribution < -0.4 is 0 Å². The van der Waals surface area contributed by atoms with Gasteiger partial charge in [0.1, 0.15) is 0 Å². The maximum Gasteiger partial charge on any atom is 0.165 e. The molecule has 1 aromatic rings. The van der Waals surface area contributed by atoms with Crippen molar-refractivity contribution in [3.05, 3.63) is 35.9 Å². The normalized spacial score (nSPS) is 17.5. The summed E-state index contributed by atoms with van der Waals surface area (Å²) in [5, 5.41) is 0. The fourth-order valence-electron chi connectivity index (χ4n) is 2.03. The van der Waals surface area contributed by atoms with Gasteiger partial charge in [0.2, 0.25) is 0 Å². The van der Waals surface area contributed by atoms with E-state index in [4.69, 9.17) is 0 Å². The Hall–Kier alpha value is -1.11. The second kappa shape index (κ2) is 3.73. The van der Waals surface area contributed by atoms with Gasteiger partial charge in [-0.2, -0.15) is 0 Å². The molecule has 0 heterocycles. The number of rotatable bonds is 2. The van der Waals surface area contributed by atoms with Crippen molar-refractivity contribution in [2.75, 3.05) is 0 Å². The Morgan fingerprint density at radius 2 is 1.69 bits per heavy atom. The molecule has 1 aromatic carbocycles. The number of ketones is 1. The summed E-state index contributed by atoms with van der Waals surface area (Å²) >= 11 is 0. The maximum atomic E-state index is 11.8. The van der Waals surface area contributed by atoms with E-state index >= 15 is 0 Å². The van der Waals surface area contributed by atoms with Gasteiger partial charge in [-0.3, -0.25) is 4.79 Å². The molecule has 0 saturated heterocycles. The Labute approximate surface area is 78.8 Å². The summed E-state index contributed by atoms with van der Waals surface area (Å²) in [5.41, 5.74) is 0.884. The van der Waals surface area contributed by atoms with Crippen molar-refractivity contribution in [3.8, 4) is 0 Å². The van der Waals surface area contributed by atoms with Crippen molar-refractivity contribution in [2.24, 2.45) is 5.92 Å². The molecule has 1 saturated carbocycles. The summed E-state index contributed by atoms with van der Waals surface area (Å²) in [6.45, 7) is 0. The van der Waals surface area contributed by atoms with E-state index in [1.165, 1.54) is 12.8 Å². The van der Waals surface area contributed by atoms with Crippen molar-refractivity contribution in [1.82, 2.24) is 0 Å². The first-order valence-electron chi connectivity index (χ1n) is 4.97. The van der Waals surface area contributed by atoms with Gasteiger partial charge in [0.15, 0.2) is 5.78 Å². The van der Waals surface area contributed by atoms with Gasteiger partial charge in [-0.05, 0) is 12.8 Å². The van der Waals surface area contributed by atoms with Crippen molar-refractivity contribution >= 4 is 5.78 Å². The summed E-state index contributed by atoms with van der Waals surface area (Å²) in [6, 6.07) is 9.65. The monoisotopic (exact) mass is 174 g/mol. The summed E-state index contributed by atoms with van der Waals surface area (Å²) in [4.78, 5) is 11.8. The van der Waals surface area contributed by atoms with Crippen molar-refractivity contribution in [3.63, 3.8) is 0 Å². The predicted molar refractivity (Wildman–Crippen MR) is 52.7 cm³/mol. The van der Waals surface area contributed by atoms with Crippen LogP contribution in [0, 0.1) is 5.92 Å². The Balaban J connectivity index is 2.13. The number of Topliss-reactive ketones (excluding diaryl/α,β-unsaturated/α-hetero) is 1. The van der Waals surface area contributed by atoms with Crippen LogP contribution in [-0.2, 0) is 0 Å². The van der Waals surface area contributed by atoms with Crippen LogP contribution in [0.3, 0.4) is 0 Å². The molecule has 1 nitrogen and oxygen atoms in total. The molecule has 1 fully saturated rings. The Kier molecular flexibility index (Phi) is 2.44. The van der Waals surface area contributed by atoms with E-state index < -0.39 is 0 Å². The summed E-state index contributed by atoms with van der Waals surface area (Å²) in [6.07, 6.45) is 4.63. The molecule has 13 heavy (non-hydrogen) atoms. The third-order valence-corrected chi connectivity index (χ3v) is 2.78. The minimum absolute atomic E-state index is 0.308. The first kappa shape index (κ1) is 8.49. The van der Waals surface area contributed by atoms with Crippen LogP contribution in [-0.4, -0.2) is 5.78 Å². The van der Waals surface area contributed by atoms with Crippen molar-refractivity contribution < 1.29 is 4.79 Å². The zero-order valence-corrected chi connectivity index (χ0v) is 7.70. The number of carbonyl (C=O) groups is 1. The third kappa shape index (κ3) is 1.80. The fraction of sp³-hybridized carbons (Fsp3) is 0.417. The van der Waals surface area contributed by atoms with Gasteiger partial charge >= 0.3 is 0 Å². The van der Waals surface area contributed by atoms with Crippen LogP contribution in [0.2, 0.25) is 0 Å². The fourth-order valence-corrected chi connectivity index (χ4v) is 2.03. The lowest BCUT2D eigenvalue weighted by Gasteiger charge is -2.06. The van der Waals surface area contributed by atoms with Gasteiger partial charge in [0.25, 0.3) is 0 Å². The molecule has 0 N–H and O–H groups in total. The van der Waals surface area contributed by atoms with E-state index in [-0.39, 0.29) is 0 Å². The van der Waals surface area contributed by atoms with Crippen LogP contribution in [0.5, 0.6) is 0 Å². The van der Waals surface area contributed by atoms with Crippen LogP contribution in [0.1, 0.15) is 36.0 Å². The van der Waals surface area contributed by atoms with Crippen LogP contribution in [0.25, 0.3) is 0 Å². The molecular formula is C12H14O. The molecule has 0 radical (unpaired) electrons. The smallest absolute Gasteiger partial charge is 0.165 e. The molecule has 1 heteroatoms. The van der Waals surface area contributed by atoms with Gasteiger partial charge in [-0.1, -0.05) is 43.2 Å². The first-order chi connectivity index (χ1) is 6.38. The van der Waals surface area contributed by atoms with Gasteiger partial charge in [-0.25, -0.2) is 0 Å². The molecule has 0 atom stereocenters. The van der Waals surface area contributed by atoms with Crippen LogP contribution >= 0.6 is 0 Å². The lowest BCUT2D eigenvalue weighted by atomic mass is 9.96. The number of hydrogen-bond acceptors (Lipinski definition) is 1. The van der Waals surface area contributed by atoms with E-state index in [0.29, 0.717) is 11.7 Å². The number of carbonyl (C=O) groups excluding carboxylic acids is 1. The van der Waals surface area contributed by atoms with Crippen LogP contribution in [0.15, 0.2) is 30.3 Å². The maximum absolute atomic E-state index is 11.8. The van der Waals surface area contributed by atoms with Crippen molar-refractivity contribution in [1.29, 1.82) is 0 Å². The quantitative estimate of drug-likeness (QED) is 0.630. The molecule has 0 bridgehead atoms. The third-order valence-electron chi connectivity index (χ3n) is 2.78. The SMILES string of the molecule is O=C(c1ccccc1)C1CCCC1. The summed E-state index contributed by atoms with van der Waals surface area (Å²) in [5.74, 6) is 0.653. The standard InChI is InChI=1S/C12H14O/c13-12(11-8-4-5-9-11)10-6-2-1-3-7-10/h1-3,6-7,11H,4-5,8-9H2. The average molecular weight is 174 g/mol. The Morgan fingerprint density at radius 1 is 1.08 bits per heavy atom. The van der Waals surface area contributed by atoms with Crippen molar-refractivity contribution in [2.45, 2.75) is 25.7 Å². The predicted octanol–water partition coefficient (Wildman–Crippen LogP) is 3.06. The van der Waals surface area contributed by atoms with Gasteiger partial charge < -0.3 is 0 Å². The molecule has 0 aliphatic heterocycles. The molecule has 2 rings (SSSR count). The highest BCUT2D eigenvalue weighted by atomic mass is 16.1. The lowest BCUT2D eigenvalue weighted by Crippen LogP contribution is -2.10. The lowest BCUT2D eigenvalue weighted by molar-refractivity contribution is 0.0923. The number of hydrogen-bond donors (Lipinski definition) is 0. The Bertz CT molecular complexity index is 283. The second-order valence-corrected chi connectivity index (χ2v) is 3.71. The van der Waals surface area contributed by atoms with E-state index in [1.54, 1.807) is 0 Å². The molecule has 0 spiro atoms. The molecule has 0 aromatic heterocycles. The highest BCUT2D eigenvalue weighted by Crippen LogP contribution is 2.27. The van der Waals surface area contributed by atoms with E-state index in [9.17, 15) is 4.79 Å². The highest BCUT2D eigenvalue weighted by molar-refractivity contribution is 5.97. The first-order valence-corrected chi connectivity index (χ1v) is 4.97. The number of benzene rings is 1. The molecule has 1 aliphatic carbocycles. The van der Waals surface area contributed by atoms with Gasteiger partial charge in [0.05, 0.1) is 0 Å². The van der Waals surface area contributed by atoms with E-state index in [2.05, 4.69) is 0 Å². The summed E-state index contributed by atoms with van der Waals surface area (Å²) < 4.78 is 0. The largest absolute Gasteiger partial charge is 0.294 e. The highest BCUT2D eigenvalue weighted by Gasteiger charge is 2.23. The minimum atomic E-state index is 0.308. The molecule has 0 amide bonds. The topological polar surface area (TPSA) is 17.1 Å². The van der Waals surface area contributed by atoms with Gasteiger partial charge in [-0.15, -0.1) is 0 Å². The Morgan fingerprint density at radius 3 is 2.31 bits per heavy atom. The minimum Gasteiger partial charge on any atom is -0.294 e. The summed E-state index contributed by atoms with van der Waals surface area (Å²) in [7, 11) is 0. The molecule has 68 valence electrons. The average Bonchev–Trinajstić information content (AvgIpc) is 2.71. The van der Waals surface area contributed by atoms with E-state index in [0.717, 1.165) is 18.4 Å².